The molecule has 0 aliphatic rings. The van der Waals surface area contributed by atoms with E-state index in [2.05, 4.69) is 138 Å². The summed E-state index contributed by atoms with van der Waals surface area (Å²) in [4.78, 5) is 29.4. The van der Waals surface area contributed by atoms with Crippen LogP contribution in [0.1, 0.15) is 5.56 Å². The molecular weight excluding hydrogens is 771 g/mol. The second-order valence-corrected chi connectivity index (χ2v) is 15.9. The average molecular weight is 808 g/mol. The quantitative estimate of drug-likeness (QED) is 0.173. The zero-order valence-corrected chi connectivity index (χ0v) is 34.2. The number of aryl methyl sites for hydroxylation is 1. The zero-order valence-electron chi connectivity index (χ0n) is 34.2. The van der Waals surface area contributed by atoms with Crippen molar-refractivity contribution in [2.24, 2.45) is 0 Å². The fraction of sp³-hybridized carbons (Fsp3) is 0.0179. The molecule has 0 bridgehead atoms. The predicted molar refractivity (Wildman–Crippen MR) is 256 cm³/mol. The van der Waals surface area contributed by atoms with Gasteiger partial charge in [0.1, 0.15) is 0 Å². The van der Waals surface area contributed by atoms with Gasteiger partial charge < -0.3 is 4.98 Å². The summed E-state index contributed by atoms with van der Waals surface area (Å²) in [6, 6.07) is 69.3. The van der Waals surface area contributed by atoms with Crippen LogP contribution in [0.15, 0.2) is 200 Å². The van der Waals surface area contributed by atoms with Crippen molar-refractivity contribution in [3.05, 3.63) is 206 Å². The molecule has 4 heterocycles. The number of fused-ring (bicyclic) bond motifs is 7. The van der Waals surface area contributed by atoms with Crippen LogP contribution in [0, 0.1) is 6.92 Å². The van der Waals surface area contributed by atoms with Crippen LogP contribution in [0.3, 0.4) is 0 Å². The minimum Gasteiger partial charge on any atom is -0.353 e. The molecule has 0 aliphatic heterocycles. The monoisotopic (exact) mass is 807 g/mol. The van der Waals surface area contributed by atoms with Gasteiger partial charge in [0.2, 0.25) is 5.95 Å². The highest BCUT2D eigenvalue weighted by Crippen LogP contribution is 2.40. The van der Waals surface area contributed by atoms with Gasteiger partial charge in [-0.3, -0.25) is 4.57 Å². The largest absolute Gasteiger partial charge is 0.353 e. The molecule has 1 N–H and O–H groups in total. The van der Waals surface area contributed by atoms with Gasteiger partial charge in [-0.2, -0.15) is 9.97 Å². The van der Waals surface area contributed by atoms with Crippen molar-refractivity contribution in [3.8, 4) is 73.8 Å². The van der Waals surface area contributed by atoms with Gasteiger partial charge in [-0.1, -0.05) is 170 Å². The maximum absolute atomic E-state index is 5.19. The maximum atomic E-state index is 5.19. The van der Waals surface area contributed by atoms with Crippen LogP contribution in [0.25, 0.3) is 117 Å². The standard InChI is InChI=1S/C56H37N7/c1-35-16-11-12-25-42(35)49-34-48(58-53(59-49)36-17-5-2-6-18-36)41-24-15-23-39(32-41)40-28-31-47-46(33-40)44-29-30-45-43-26-13-14-27-50(43)63(52(45)51(44)57-47)56-61-54(37-19-7-3-8-20-37)60-55(62-56)38-21-9-4-10-22-38/h2-34,57H,1H3. The van der Waals surface area contributed by atoms with Crippen molar-refractivity contribution in [2.45, 2.75) is 6.92 Å². The van der Waals surface area contributed by atoms with Gasteiger partial charge in [-0.05, 0) is 53.9 Å². The molecule has 296 valence electrons. The van der Waals surface area contributed by atoms with E-state index in [0.29, 0.717) is 23.4 Å². The van der Waals surface area contributed by atoms with E-state index in [0.717, 1.165) is 93.9 Å². The van der Waals surface area contributed by atoms with Crippen molar-refractivity contribution >= 4 is 43.6 Å². The fourth-order valence-electron chi connectivity index (χ4n) is 8.87. The van der Waals surface area contributed by atoms with E-state index in [4.69, 9.17) is 24.9 Å². The Morgan fingerprint density at radius 3 is 1.67 bits per heavy atom. The van der Waals surface area contributed by atoms with Crippen molar-refractivity contribution in [1.29, 1.82) is 0 Å². The number of hydrogen-bond acceptors (Lipinski definition) is 5. The van der Waals surface area contributed by atoms with E-state index in [9.17, 15) is 0 Å². The van der Waals surface area contributed by atoms with Gasteiger partial charge in [0.15, 0.2) is 17.5 Å². The van der Waals surface area contributed by atoms with Crippen LogP contribution in [-0.4, -0.2) is 34.5 Å². The molecule has 0 spiro atoms. The molecule has 7 nitrogen and oxygen atoms in total. The molecule has 8 aromatic carbocycles. The predicted octanol–water partition coefficient (Wildman–Crippen LogP) is 13.7. The summed E-state index contributed by atoms with van der Waals surface area (Å²) in [6.45, 7) is 2.13. The van der Waals surface area contributed by atoms with Crippen LogP contribution in [0.4, 0.5) is 0 Å². The van der Waals surface area contributed by atoms with Gasteiger partial charge in [-0.15, -0.1) is 0 Å². The molecular formula is C56H37N7. The van der Waals surface area contributed by atoms with Gasteiger partial charge in [-0.25, -0.2) is 15.0 Å². The number of para-hydroxylation sites is 1. The summed E-state index contributed by atoms with van der Waals surface area (Å²) in [5.41, 5.74) is 14.2. The van der Waals surface area contributed by atoms with E-state index in [1.54, 1.807) is 0 Å². The summed E-state index contributed by atoms with van der Waals surface area (Å²) in [6.07, 6.45) is 0. The SMILES string of the molecule is Cc1ccccc1-c1cc(-c2cccc(-c3ccc4[nH]c5c(ccc6c7ccccc7n(-c7nc(-c8ccccc8)nc(-c8ccccc8)n7)c65)c4c3)c2)nc(-c2ccccc2)n1. The van der Waals surface area contributed by atoms with E-state index in [-0.39, 0.29) is 0 Å². The summed E-state index contributed by atoms with van der Waals surface area (Å²) in [5.74, 6) is 2.49. The minimum absolute atomic E-state index is 0.559. The highest BCUT2D eigenvalue weighted by Gasteiger charge is 2.21. The summed E-state index contributed by atoms with van der Waals surface area (Å²) in [5, 5.41) is 4.49. The molecule has 4 aromatic heterocycles. The molecule has 0 atom stereocenters. The molecule has 0 saturated carbocycles. The number of hydrogen-bond donors (Lipinski definition) is 1. The van der Waals surface area contributed by atoms with E-state index in [1.807, 2.05) is 78.9 Å². The second-order valence-electron chi connectivity index (χ2n) is 15.9. The molecule has 12 aromatic rings. The number of aromatic amines is 1. The lowest BCUT2D eigenvalue weighted by molar-refractivity contribution is 0.954. The van der Waals surface area contributed by atoms with Crippen molar-refractivity contribution < 1.29 is 0 Å². The Morgan fingerprint density at radius 1 is 0.381 bits per heavy atom. The molecule has 0 fully saturated rings. The number of nitrogens with zero attached hydrogens (tertiary/aromatic N) is 6. The first kappa shape index (κ1) is 36.3. The first-order chi connectivity index (χ1) is 31.1. The smallest absolute Gasteiger partial charge is 0.238 e. The number of aromatic nitrogens is 7. The number of benzene rings is 8. The molecule has 0 aliphatic carbocycles. The van der Waals surface area contributed by atoms with Gasteiger partial charge >= 0.3 is 0 Å². The first-order valence-corrected chi connectivity index (χ1v) is 21.1. The van der Waals surface area contributed by atoms with Crippen LogP contribution >= 0.6 is 0 Å². The maximum Gasteiger partial charge on any atom is 0.238 e. The Morgan fingerprint density at radius 2 is 0.952 bits per heavy atom. The lowest BCUT2D eigenvalue weighted by Gasteiger charge is -2.12. The molecule has 0 radical (unpaired) electrons. The lowest BCUT2D eigenvalue weighted by Crippen LogP contribution is -2.06. The summed E-state index contributed by atoms with van der Waals surface area (Å²) < 4.78 is 2.20. The van der Waals surface area contributed by atoms with Crippen molar-refractivity contribution in [1.82, 2.24) is 34.5 Å². The van der Waals surface area contributed by atoms with Gasteiger partial charge in [0.05, 0.1) is 27.9 Å². The van der Waals surface area contributed by atoms with Crippen molar-refractivity contribution in [2.75, 3.05) is 0 Å². The van der Waals surface area contributed by atoms with E-state index < -0.39 is 0 Å². The van der Waals surface area contributed by atoms with Crippen molar-refractivity contribution in [3.63, 3.8) is 0 Å². The van der Waals surface area contributed by atoms with Gasteiger partial charge in [0.25, 0.3) is 0 Å². The first-order valence-electron chi connectivity index (χ1n) is 21.1. The zero-order chi connectivity index (χ0) is 41.9. The molecule has 0 amide bonds. The fourth-order valence-corrected chi connectivity index (χ4v) is 8.87. The van der Waals surface area contributed by atoms with E-state index in [1.165, 1.54) is 5.56 Å². The Hall–Kier alpha value is -8.55. The van der Waals surface area contributed by atoms with Gasteiger partial charge in [0, 0.05) is 54.9 Å². The second kappa shape index (κ2) is 14.9. The Kier molecular flexibility index (Phi) is 8.57. The highest BCUT2D eigenvalue weighted by atomic mass is 15.2. The topological polar surface area (TPSA) is 85.2 Å². The molecule has 7 heteroatoms. The van der Waals surface area contributed by atoms with E-state index >= 15 is 0 Å². The Bertz CT molecular complexity index is 3630. The van der Waals surface area contributed by atoms with Crippen LogP contribution < -0.4 is 0 Å². The molecule has 12 rings (SSSR count). The summed E-state index contributed by atoms with van der Waals surface area (Å²) >= 11 is 0. The number of nitrogens with one attached hydrogen (secondary N) is 1. The normalized spacial score (nSPS) is 11.6. The number of H-pyrrole nitrogens is 1. The van der Waals surface area contributed by atoms with Crippen LogP contribution in [-0.2, 0) is 0 Å². The molecule has 0 unspecified atom stereocenters. The third kappa shape index (κ3) is 6.33. The molecule has 0 saturated heterocycles. The highest BCUT2D eigenvalue weighted by molar-refractivity contribution is 6.23. The number of rotatable bonds is 7. The third-order valence-corrected chi connectivity index (χ3v) is 12.0. The third-order valence-electron chi connectivity index (χ3n) is 12.0. The average Bonchev–Trinajstić information content (AvgIpc) is 3.90. The van der Waals surface area contributed by atoms with Crippen LogP contribution in [0.2, 0.25) is 0 Å². The molecule has 63 heavy (non-hydrogen) atoms. The lowest BCUT2D eigenvalue weighted by atomic mass is 9.98. The van der Waals surface area contributed by atoms with Crippen LogP contribution in [0.5, 0.6) is 0 Å². The Labute approximate surface area is 363 Å². The Balaban J connectivity index is 1.02. The minimum atomic E-state index is 0.559. The summed E-state index contributed by atoms with van der Waals surface area (Å²) in [7, 11) is 0.